The average Bonchev–Trinajstić information content (AvgIpc) is 2.92. The molecule has 2 aromatic carbocycles. The molecule has 4 amide bonds. The van der Waals surface area contributed by atoms with Gasteiger partial charge in [0.2, 0.25) is 5.91 Å². The van der Waals surface area contributed by atoms with Crippen molar-refractivity contribution in [2.75, 3.05) is 18.5 Å². The zero-order valence-corrected chi connectivity index (χ0v) is 14.9. The maximum Gasteiger partial charge on any atom is 0.325 e. The molecule has 2 aliphatic rings. The van der Waals surface area contributed by atoms with Gasteiger partial charge in [-0.05, 0) is 30.3 Å². The molecule has 8 heteroatoms. The maximum atomic E-state index is 13.1. The summed E-state index contributed by atoms with van der Waals surface area (Å²) in [5.74, 6) is -0.596. The van der Waals surface area contributed by atoms with E-state index in [1.54, 1.807) is 24.3 Å². The predicted octanol–water partition coefficient (Wildman–Crippen LogP) is 2.38. The summed E-state index contributed by atoms with van der Waals surface area (Å²) in [6.07, 6.45) is 0.262. The number of para-hydroxylation sites is 1. The molecule has 1 unspecified atom stereocenters. The van der Waals surface area contributed by atoms with E-state index in [0.29, 0.717) is 30.0 Å². The molecule has 28 heavy (non-hydrogen) atoms. The number of urea groups is 1. The Hall–Kier alpha value is -3.42. The van der Waals surface area contributed by atoms with Crippen molar-refractivity contribution < 1.29 is 23.5 Å². The Labute approximate surface area is 160 Å². The van der Waals surface area contributed by atoms with E-state index in [1.165, 1.54) is 24.3 Å². The molecular formula is C20H18FN3O4. The standard InChI is InChI=1S/C20H18FN3O4/c21-13-5-7-14(8-6-13)22-17(25)9-11-24-18(26)20(23-19(24)27)10-12-28-16-4-2-1-3-15(16)20/h1-8H,9-12H2,(H,22,25)(H,23,27). The third-order valence-electron chi connectivity index (χ3n) is 4.95. The van der Waals surface area contributed by atoms with E-state index < -0.39 is 17.4 Å². The van der Waals surface area contributed by atoms with Gasteiger partial charge in [-0.15, -0.1) is 0 Å². The van der Waals surface area contributed by atoms with Gasteiger partial charge in [0, 0.05) is 30.6 Å². The van der Waals surface area contributed by atoms with Crippen molar-refractivity contribution >= 4 is 23.5 Å². The molecule has 0 radical (unpaired) electrons. The summed E-state index contributed by atoms with van der Waals surface area (Å²) in [6, 6.07) is 11.9. The number of benzene rings is 2. The van der Waals surface area contributed by atoms with E-state index in [4.69, 9.17) is 4.74 Å². The van der Waals surface area contributed by atoms with Crippen LogP contribution in [-0.2, 0) is 15.1 Å². The van der Waals surface area contributed by atoms with Crippen LogP contribution in [0, 0.1) is 5.82 Å². The molecule has 4 rings (SSSR count). The van der Waals surface area contributed by atoms with Crippen molar-refractivity contribution in [1.82, 2.24) is 10.2 Å². The Morgan fingerprint density at radius 2 is 1.93 bits per heavy atom. The molecule has 0 aromatic heterocycles. The normalized spacial score (nSPS) is 20.5. The first kappa shape index (κ1) is 18.0. The Balaban J connectivity index is 1.45. The molecule has 1 atom stereocenters. The minimum atomic E-state index is -1.15. The summed E-state index contributed by atoms with van der Waals surface area (Å²) in [5, 5.41) is 5.40. The topological polar surface area (TPSA) is 87.7 Å². The molecule has 7 nitrogen and oxygen atoms in total. The lowest BCUT2D eigenvalue weighted by Crippen LogP contribution is -2.47. The third kappa shape index (κ3) is 3.06. The minimum Gasteiger partial charge on any atom is -0.493 e. The van der Waals surface area contributed by atoms with Crippen molar-refractivity contribution in [2.45, 2.75) is 18.4 Å². The number of hydrogen-bond acceptors (Lipinski definition) is 4. The second kappa shape index (κ2) is 6.95. The summed E-state index contributed by atoms with van der Waals surface area (Å²) in [6.45, 7) is 0.254. The fourth-order valence-corrected chi connectivity index (χ4v) is 3.55. The van der Waals surface area contributed by atoms with Crippen molar-refractivity contribution in [3.63, 3.8) is 0 Å². The van der Waals surface area contributed by atoms with E-state index in [1.807, 2.05) is 0 Å². The molecule has 1 spiro atoms. The number of nitrogens with one attached hydrogen (secondary N) is 2. The minimum absolute atomic E-state index is 0.0531. The fraction of sp³-hybridized carbons (Fsp3) is 0.250. The zero-order valence-electron chi connectivity index (χ0n) is 14.9. The Morgan fingerprint density at radius 3 is 2.71 bits per heavy atom. The summed E-state index contributed by atoms with van der Waals surface area (Å²) in [5.41, 5.74) is -0.0874. The van der Waals surface area contributed by atoms with Crippen LogP contribution in [0.2, 0.25) is 0 Å². The smallest absolute Gasteiger partial charge is 0.325 e. The molecule has 2 aliphatic heterocycles. The molecule has 2 aromatic rings. The van der Waals surface area contributed by atoms with Gasteiger partial charge < -0.3 is 15.4 Å². The third-order valence-corrected chi connectivity index (χ3v) is 4.95. The number of carbonyl (C=O) groups is 3. The fourth-order valence-electron chi connectivity index (χ4n) is 3.55. The van der Waals surface area contributed by atoms with Crippen LogP contribution in [0.1, 0.15) is 18.4 Å². The van der Waals surface area contributed by atoms with Gasteiger partial charge in [0.15, 0.2) is 5.54 Å². The van der Waals surface area contributed by atoms with Crippen LogP contribution in [0.4, 0.5) is 14.9 Å². The summed E-state index contributed by atoms with van der Waals surface area (Å²) < 4.78 is 18.5. The van der Waals surface area contributed by atoms with E-state index in [2.05, 4.69) is 10.6 Å². The Kier molecular flexibility index (Phi) is 4.46. The lowest BCUT2D eigenvalue weighted by Gasteiger charge is -2.33. The zero-order chi connectivity index (χ0) is 19.7. The lowest BCUT2D eigenvalue weighted by molar-refractivity contribution is -0.132. The van der Waals surface area contributed by atoms with Gasteiger partial charge in [-0.3, -0.25) is 14.5 Å². The van der Waals surface area contributed by atoms with E-state index >= 15 is 0 Å². The number of hydrogen-bond donors (Lipinski definition) is 2. The second-order valence-electron chi connectivity index (χ2n) is 6.69. The van der Waals surface area contributed by atoms with Crippen LogP contribution in [0.25, 0.3) is 0 Å². The monoisotopic (exact) mass is 383 g/mol. The number of rotatable bonds is 4. The molecule has 0 bridgehead atoms. The highest BCUT2D eigenvalue weighted by atomic mass is 19.1. The highest BCUT2D eigenvalue weighted by Crippen LogP contribution is 2.40. The molecule has 2 heterocycles. The molecular weight excluding hydrogens is 365 g/mol. The number of imide groups is 1. The maximum absolute atomic E-state index is 13.1. The molecule has 1 saturated heterocycles. The molecule has 0 aliphatic carbocycles. The van der Waals surface area contributed by atoms with Crippen LogP contribution in [0.5, 0.6) is 5.75 Å². The first-order valence-electron chi connectivity index (χ1n) is 8.91. The average molecular weight is 383 g/mol. The molecule has 2 N–H and O–H groups in total. The van der Waals surface area contributed by atoms with E-state index in [9.17, 15) is 18.8 Å². The van der Waals surface area contributed by atoms with Crippen LogP contribution in [0.3, 0.4) is 0 Å². The van der Waals surface area contributed by atoms with Crippen LogP contribution in [-0.4, -0.2) is 35.9 Å². The number of amides is 4. The number of nitrogens with zero attached hydrogens (tertiary/aromatic N) is 1. The highest BCUT2D eigenvalue weighted by Gasteiger charge is 2.54. The van der Waals surface area contributed by atoms with Gasteiger partial charge in [0.05, 0.1) is 6.61 Å². The number of ether oxygens (including phenoxy) is 1. The summed E-state index contributed by atoms with van der Waals surface area (Å²) in [7, 11) is 0. The second-order valence-corrected chi connectivity index (χ2v) is 6.69. The van der Waals surface area contributed by atoms with E-state index in [-0.39, 0.29) is 24.8 Å². The van der Waals surface area contributed by atoms with Crippen LogP contribution in [0.15, 0.2) is 48.5 Å². The first-order chi connectivity index (χ1) is 13.5. The Morgan fingerprint density at radius 1 is 1.18 bits per heavy atom. The van der Waals surface area contributed by atoms with Gasteiger partial charge in [0.1, 0.15) is 11.6 Å². The van der Waals surface area contributed by atoms with Gasteiger partial charge in [-0.1, -0.05) is 18.2 Å². The van der Waals surface area contributed by atoms with Crippen LogP contribution >= 0.6 is 0 Å². The SMILES string of the molecule is O=C(CCN1C(=O)NC2(CCOc3ccccc32)C1=O)Nc1ccc(F)cc1. The van der Waals surface area contributed by atoms with Crippen LogP contribution < -0.4 is 15.4 Å². The summed E-state index contributed by atoms with van der Waals surface area (Å²) in [4.78, 5) is 38.7. The Bertz CT molecular complexity index is 947. The number of anilines is 1. The first-order valence-corrected chi connectivity index (χ1v) is 8.91. The number of halogens is 1. The van der Waals surface area contributed by atoms with Gasteiger partial charge in [0.25, 0.3) is 5.91 Å². The predicted molar refractivity (Wildman–Crippen MR) is 98.1 cm³/mol. The number of carbonyl (C=O) groups excluding carboxylic acids is 3. The molecule has 1 fully saturated rings. The number of fused-ring (bicyclic) bond motifs is 2. The molecule has 0 saturated carbocycles. The quantitative estimate of drug-likeness (QED) is 0.794. The van der Waals surface area contributed by atoms with Crippen molar-refractivity contribution in [2.24, 2.45) is 0 Å². The van der Waals surface area contributed by atoms with Gasteiger partial charge in [-0.2, -0.15) is 0 Å². The van der Waals surface area contributed by atoms with Crippen molar-refractivity contribution in [3.8, 4) is 5.75 Å². The van der Waals surface area contributed by atoms with Gasteiger partial charge in [-0.25, -0.2) is 9.18 Å². The van der Waals surface area contributed by atoms with Crippen molar-refractivity contribution in [3.05, 3.63) is 59.9 Å². The molecule has 144 valence electrons. The lowest BCUT2D eigenvalue weighted by atomic mass is 9.84. The van der Waals surface area contributed by atoms with Gasteiger partial charge >= 0.3 is 6.03 Å². The summed E-state index contributed by atoms with van der Waals surface area (Å²) >= 11 is 0. The highest BCUT2D eigenvalue weighted by molar-refractivity contribution is 6.08. The largest absolute Gasteiger partial charge is 0.493 e. The van der Waals surface area contributed by atoms with E-state index in [0.717, 1.165) is 4.90 Å². The van der Waals surface area contributed by atoms with Crippen molar-refractivity contribution in [1.29, 1.82) is 0 Å².